The molecule has 4 nitrogen and oxygen atoms in total. The van der Waals surface area contributed by atoms with E-state index in [-0.39, 0.29) is 23.4 Å². The summed E-state index contributed by atoms with van der Waals surface area (Å²) in [5, 5.41) is 21.6. The minimum Gasteiger partial charge on any atom is -0.462 e. The highest BCUT2D eigenvalue weighted by Gasteiger charge is 2.64. The Morgan fingerprint density at radius 1 is 1.24 bits per heavy atom. The van der Waals surface area contributed by atoms with Crippen LogP contribution in [0, 0.1) is 40.4 Å². The van der Waals surface area contributed by atoms with Crippen molar-refractivity contribution in [1.29, 1.82) is 0 Å². The van der Waals surface area contributed by atoms with E-state index in [0.29, 0.717) is 36.5 Å². The molecule has 0 spiro atoms. The number of fused-ring (bicyclic) bond motifs is 5. The zero-order chi connectivity index (χ0) is 24.1. The van der Waals surface area contributed by atoms with Gasteiger partial charge >= 0.3 is 5.97 Å². The summed E-state index contributed by atoms with van der Waals surface area (Å²) in [4.78, 5) is 12.3. The fourth-order valence-electron chi connectivity index (χ4n) is 8.92. The third-order valence-corrected chi connectivity index (χ3v) is 10.3. The van der Waals surface area contributed by atoms with Crippen molar-refractivity contribution in [3.63, 3.8) is 0 Å². The molecule has 0 aromatic rings. The van der Waals surface area contributed by atoms with Crippen LogP contribution in [0.4, 0.5) is 0 Å². The van der Waals surface area contributed by atoms with Gasteiger partial charge < -0.3 is 14.9 Å². The van der Waals surface area contributed by atoms with Gasteiger partial charge in [0.1, 0.15) is 6.10 Å². The van der Waals surface area contributed by atoms with Crippen LogP contribution in [0.3, 0.4) is 0 Å². The molecule has 0 amide bonds. The van der Waals surface area contributed by atoms with E-state index in [2.05, 4.69) is 46.8 Å². The van der Waals surface area contributed by atoms with Crippen molar-refractivity contribution in [2.75, 3.05) is 0 Å². The van der Waals surface area contributed by atoms with Gasteiger partial charge in [-0.15, -0.1) is 0 Å². The molecule has 0 unspecified atom stereocenters. The third kappa shape index (κ3) is 4.24. The maximum Gasteiger partial charge on any atom is 0.302 e. The van der Waals surface area contributed by atoms with E-state index in [1.807, 2.05) is 0 Å². The molecule has 0 aliphatic heterocycles. The predicted octanol–water partition coefficient (Wildman–Crippen LogP) is 5.82. The Morgan fingerprint density at radius 3 is 2.64 bits per heavy atom. The second-order valence-electron chi connectivity index (χ2n) is 12.5. The summed E-state index contributed by atoms with van der Waals surface area (Å²) in [6, 6.07) is 0. The van der Waals surface area contributed by atoms with Crippen molar-refractivity contribution in [2.24, 2.45) is 40.4 Å². The van der Waals surface area contributed by atoms with E-state index in [1.165, 1.54) is 37.3 Å². The SMILES string of the molecule is CC(=O)O[C@@H]1C[C@]2(C)[C@@H]([C@H](C)CCC=C(C)C)CC[C@H]2[C@@H]2CC=C3C[C@@H](O)C[C@H](O)[C@]3(C)[C@H]21. The Labute approximate surface area is 200 Å². The van der Waals surface area contributed by atoms with Gasteiger partial charge in [0.05, 0.1) is 12.2 Å². The van der Waals surface area contributed by atoms with Gasteiger partial charge in [-0.25, -0.2) is 0 Å². The van der Waals surface area contributed by atoms with Gasteiger partial charge in [-0.3, -0.25) is 4.79 Å². The van der Waals surface area contributed by atoms with E-state index in [4.69, 9.17) is 4.74 Å². The van der Waals surface area contributed by atoms with Crippen molar-refractivity contribution in [1.82, 2.24) is 0 Å². The van der Waals surface area contributed by atoms with Crippen LogP contribution in [-0.2, 0) is 9.53 Å². The molecule has 0 aromatic heterocycles. The van der Waals surface area contributed by atoms with Crippen LogP contribution in [0.1, 0.15) is 92.9 Å². The van der Waals surface area contributed by atoms with Gasteiger partial charge in [-0.05, 0) is 87.9 Å². The molecular formula is C29H46O4. The maximum atomic E-state index is 12.3. The monoisotopic (exact) mass is 458 g/mol. The molecule has 0 aromatic carbocycles. The molecule has 3 saturated carbocycles. The average Bonchev–Trinajstić information content (AvgIpc) is 3.05. The predicted molar refractivity (Wildman–Crippen MR) is 131 cm³/mol. The van der Waals surface area contributed by atoms with Crippen LogP contribution in [-0.4, -0.2) is 34.5 Å². The highest BCUT2D eigenvalue weighted by atomic mass is 16.5. The molecule has 0 bridgehead atoms. The number of allylic oxidation sites excluding steroid dienone is 3. The summed E-state index contributed by atoms with van der Waals surface area (Å²) in [6.07, 6.45) is 11.2. The lowest BCUT2D eigenvalue weighted by atomic mass is 9.45. The zero-order valence-electron chi connectivity index (χ0n) is 21.6. The van der Waals surface area contributed by atoms with Crippen LogP contribution in [0.25, 0.3) is 0 Å². The Hall–Kier alpha value is -1.13. The first kappa shape index (κ1) is 25.0. The van der Waals surface area contributed by atoms with Crippen molar-refractivity contribution >= 4 is 5.97 Å². The van der Waals surface area contributed by atoms with E-state index in [1.54, 1.807) is 0 Å². The number of aliphatic hydroxyl groups is 2. The highest BCUT2D eigenvalue weighted by molar-refractivity contribution is 5.66. The van der Waals surface area contributed by atoms with Crippen LogP contribution in [0.15, 0.2) is 23.3 Å². The number of esters is 1. The first-order chi connectivity index (χ1) is 15.5. The van der Waals surface area contributed by atoms with Gasteiger partial charge in [0.2, 0.25) is 0 Å². The lowest BCUT2D eigenvalue weighted by Crippen LogP contribution is -2.61. The summed E-state index contributed by atoms with van der Waals surface area (Å²) in [5.74, 6) is 2.22. The van der Waals surface area contributed by atoms with Gasteiger partial charge in [0, 0.05) is 24.7 Å². The number of carbonyl (C=O) groups excluding carboxylic acids is 1. The summed E-state index contributed by atoms with van der Waals surface area (Å²) < 4.78 is 6.11. The minimum absolute atomic E-state index is 0.127. The number of ether oxygens (including phenoxy) is 1. The molecule has 2 N–H and O–H groups in total. The molecule has 0 heterocycles. The fraction of sp³-hybridized carbons (Fsp3) is 0.828. The van der Waals surface area contributed by atoms with Crippen LogP contribution >= 0.6 is 0 Å². The summed E-state index contributed by atoms with van der Waals surface area (Å²) in [5.41, 5.74) is 2.31. The van der Waals surface area contributed by atoms with Gasteiger partial charge in [-0.1, -0.05) is 44.1 Å². The maximum absolute atomic E-state index is 12.3. The topological polar surface area (TPSA) is 66.8 Å². The normalized spacial score (nSPS) is 45.2. The quantitative estimate of drug-likeness (QED) is 0.402. The van der Waals surface area contributed by atoms with Crippen molar-refractivity contribution in [2.45, 2.75) is 111 Å². The standard InChI is InChI=1S/C29H46O4/c1-17(2)8-7-9-18(3)23-12-13-24-22-11-10-20-14-21(31)15-26(32)29(20,6)27(22)25(33-19(4)30)16-28(23,24)5/h8,10,18,21-27,31-32H,7,9,11-16H2,1-6H3/t18-,21-,22+,23-,24+,25-,26+,27-,28-,29-/m1/s1. The van der Waals surface area contributed by atoms with Crippen molar-refractivity contribution in [3.05, 3.63) is 23.3 Å². The molecule has 0 radical (unpaired) electrons. The third-order valence-electron chi connectivity index (χ3n) is 10.3. The Balaban J connectivity index is 1.67. The Bertz CT molecular complexity index is 810. The van der Waals surface area contributed by atoms with Crippen LogP contribution in [0.5, 0.6) is 0 Å². The van der Waals surface area contributed by atoms with Gasteiger partial charge in [0.15, 0.2) is 0 Å². The summed E-state index contributed by atoms with van der Waals surface area (Å²) >= 11 is 0. The molecule has 4 rings (SSSR count). The van der Waals surface area contributed by atoms with Crippen LogP contribution < -0.4 is 0 Å². The smallest absolute Gasteiger partial charge is 0.302 e. The molecule has 4 aliphatic carbocycles. The molecule has 186 valence electrons. The lowest BCUT2D eigenvalue weighted by molar-refractivity contribution is -0.186. The zero-order valence-corrected chi connectivity index (χ0v) is 21.6. The molecule has 4 aliphatic rings. The number of hydrogen-bond acceptors (Lipinski definition) is 4. The van der Waals surface area contributed by atoms with E-state index >= 15 is 0 Å². The molecule has 3 fully saturated rings. The Morgan fingerprint density at radius 2 is 1.97 bits per heavy atom. The highest BCUT2D eigenvalue weighted by Crippen LogP contribution is 2.67. The van der Waals surface area contributed by atoms with Crippen molar-refractivity contribution < 1.29 is 19.7 Å². The second-order valence-corrected chi connectivity index (χ2v) is 12.5. The Kier molecular flexibility index (Phi) is 6.92. The largest absolute Gasteiger partial charge is 0.462 e. The molecule has 0 saturated heterocycles. The molecule has 10 atom stereocenters. The number of aliphatic hydroxyl groups excluding tert-OH is 2. The number of rotatable bonds is 5. The molecular weight excluding hydrogens is 412 g/mol. The lowest BCUT2D eigenvalue weighted by Gasteiger charge is -2.61. The number of hydrogen-bond donors (Lipinski definition) is 2. The van der Waals surface area contributed by atoms with Gasteiger partial charge in [0.25, 0.3) is 0 Å². The van der Waals surface area contributed by atoms with Gasteiger partial charge in [-0.2, -0.15) is 0 Å². The summed E-state index contributed by atoms with van der Waals surface area (Å²) in [7, 11) is 0. The first-order valence-corrected chi connectivity index (χ1v) is 13.3. The van der Waals surface area contributed by atoms with Crippen LogP contribution in [0.2, 0.25) is 0 Å². The number of carbonyl (C=O) groups is 1. The fourth-order valence-corrected chi connectivity index (χ4v) is 8.92. The minimum atomic E-state index is -0.595. The van der Waals surface area contributed by atoms with E-state index in [9.17, 15) is 15.0 Å². The summed E-state index contributed by atoms with van der Waals surface area (Å²) in [6.45, 7) is 13.0. The second kappa shape index (κ2) is 9.15. The molecule has 33 heavy (non-hydrogen) atoms. The first-order valence-electron chi connectivity index (χ1n) is 13.3. The average molecular weight is 459 g/mol. The van der Waals surface area contributed by atoms with E-state index in [0.717, 1.165) is 19.3 Å². The van der Waals surface area contributed by atoms with E-state index < -0.39 is 17.6 Å². The van der Waals surface area contributed by atoms with Crippen molar-refractivity contribution in [3.8, 4) is 0 Å². The molecule has 4 heteroatoms.